The molecule has 146 valence electrons. The van der Waals surface area contributed by atoms with Crippen molar-refractivity contribution >= 4 is 29.4 Å². The topological polar surface area (TPSA) is 93.5 Å². The SMILES string of the molecule is Cc1cc(C(C)(F)F)cc(NC(=O)CCCCN=C(N)F)c1SCCN. The van der Waals surface area contributed by atoms with Crippen molar-refractivity contribution in [2.75, 3.05) is 24.2 Å². The van der Waals surface area contributed by atoms with Crippen LogP contribution >= 0.6 is 11.8 Å². The maximum absolute atomic E-state index is 13.7. The number of halogens is 3. The lowest BCUT2D eigenvalue weighted by molar-refractivity contribution is -0.116. The number of hydrogen-bond donors (Lipinski definition) is 3. The molecular weight excluding hydrogens is 365 g/mol. The van der Waals surface area contributed by atoms with Gasteiger partial charge in [0, 0.05) is 42.6 Å². The van der Waals surface area contributed by atoms with Crippen molar-refractivity contribution in [1.29, 1.82) is 0 Å². The van der Waals surface area contributed by atoms with Crippen LogP contribution in [0, 0.1) is 6.92 Å². The van der Waals surface area contributed by atoms with Gasteiger partial charge in [0.2, 0.25) is 5.91 Å². The number of amidine groups is 1. The van der Waals surface area contributed by atoms with Gasteiger partial charge in [-0.1, -0.05) is 0 Å². The smallest absolute Gasteiger partial charge is 0.275 e. The Labute approximate surface area is 155 Å². The number of amides is 1. The molecule has 5 N–H and O–H groups in total. The minimum absolute atomic E-state index is 0.157. The van der Waals surface area contributed by atoms with E-state index in [1.807, 2.05) is 0 Å². The van der Waals surface area contributed by atoms with Gasteiger partial charge >= 0.3 is 0 Å². The number of unbranched alkanes of at least 4 members (excludes halogenated alkanes) is 1. The Morgan fingerprint density at radius 2 is 2.04 bits per heavy atom. The lowest BCUT2D eigenvalue weighted by atomic mass is 10.1. The van der Waals surface area contributed by atoms with E-state index in [-0.39, 0.29) is 24.4 Å². The average Bonchev–Trinajstić information content (AvgIpc) is 2.52. The molecule has 0 aliphatic rings. The van der Waals surface area contributed by atoms with Crippen LogP contribution in [0.3, 0.4) is 0 Å². The summed E-state index contributed by atoms with van der Waals surface area (Å²) in [6.45, 7) is 3.17. The van der Waals surface area contributed by atoms with E-state index in [0.717, 1.165) is 11.8 Å². The lowest BCUT2D eigenvalue weighted by Gasteiger charge is -2.18. The number of carbonyl (C=O) groups is 1. The second kappa shape index (κ2) is 10.4. The van der Waals surface area contributed by atoms with Crippen molar-refractivity contribution in [1.82, 2.24) is 0 Å². The molecule has 1 aromatic carbocycles. The molecule has 1 amide bonds. The van der Waals surface area contributed by atoms with Gasteiger partial charge in [0.15, 0.2) is 0 Å². The minimum atomic E-state index is -3.01. The molecule has 1 rings (SSSR count). The summed E-state index contributed by atoms with van der Waals surface area (Å²) in [6.07, 6.45) is 0.174. The lowest BCUT2D eigenvalue weighted by Crippen LogP contribution is -2.15. The number of aliphatic imine (C=N–C) groups is 1. The van der Waals surface area contributed by atoms with Gasteiger partial charge < -0.3 is 16.8 Å². The van der Waals surface area contributed by atoms with E-state index in [9.17, 15) is 18.0 Å². The second-order valence-corrected chi connectivity index (χ2v) is 7.01. The summed E-state index contributed by atoms with van der Waals surface area (Å²) in [5, 5.41) is 2.70. The summed E-state index contributed by atoms with van der Waals surface area (Å²) in [6, 6.07) is 2.73. The van der Waals surface area contributed by atoms with Crippen LogP contribution in [0.1, 0.15) is 37.3 Å². The van der Waals surface area contributed by atoms with Gasteiger partial charge in [0.1, 0.15) is 0 Å². The highest BCUT2D eigenvalue weighted by Crippen LogP contribution is 2.37. The fraction of sp³-hybridized carbons (Fsp3) is 0.529. The number of benzene rings is 1. The van der Waals surface area contributed by atoms with Crippen LogP contribution in [0.15, 0.2) is 22.0 Å². The summed E-state index contributed by atoms with van der Waals surface area (Å²) >= 11 is 1.41. The molecule has 0 heterocycles. The minimum Gasteiger partial charge on any atom is -0.360 e. The second-order valence-electron chi connectivity index (χ2n) is 5.91. The number of nitrogens with one attached hydrogen (secondary N) is 1. The third-order valence-electron chi connectivity index (χ3n) is 3.49. The normalized spacial score (nSPS) is 12.3. The molecule has 0 saturated carbocycles. The molecule has 0 saturated heterocycles. The predicted octanol–water partition coefficient (Wildman–Crippen LogP) is 3.55. The Morgan fingerprint density at radius 1 is 1.35 bits per heavy atom. The summed E-state index contributed by atoms with van der Waals surface area (Å²) in [5.74, 6) is -2.70. The van der Waals surface area contributed by atoms with Crippen LogP contribution in [0.4, 0.5) is 18.9 Å². The first-order valence-electron chi connectivity index (χ1n) is 8.26. The number of hydrogen-bond acceptors (Lipinski definition) is 4. The number of anilines is 1. The Hall–Kier alpha value is -1.74. The van der Waals surface area contributed by atoms with Gasteiger partial charge in [0.05, 0.1) is 5.69 Å². The predicted molar refractivity (Wildman–Crippen MR) is 101 cm³/mol. The summed E-state index contributed by atoms with van der Waals surface area (Å²) in [7, 11) is 0. The molecule has 1 aromatic rings. The Morgan fingerprint density at radius 3 is 2.62 bits per heavy atom. The van der Waals surface area contributed by atoms with Gasteiger partial charge in [-0.05, 0) is 37.5 Å². The number of thioether (sulfide) groups is 1. The van der Waals surface area contributed by atoms with Crippen molar-refractivity contribution < 1.29 is 18.0 Å². The first kappa shape index (κ1) is 22.3. The summed E-state index contributed by atoms with van der Waals surface area (Å²) in [5.41, 5.74) is 11.2. The fourth-order valence-electron chi connectivity index (χ4n) is 2.27. The summed E-state index contributed by atoms with van der Waals surface area (Å²) < 4.78 is 39.7. The highest BCUT2D eigenvalue weighted by Gasteiger charge is 2.26. The van der Waals surface area contributed by atoms with Crippen molar-refractivity contribution in [3.8, 4) is 0 Å². The monoisotopic (exact) mass is 390 g/mol. The maximum atomic E-state index is 13.7. The number of aryl methyl sites for hydroxylation is 1. The van der Waals surface area contributed by atoms with E-state index < -0.39 is 12.0 Å². The Kier molecular flexibility index (Phi) is 8.94. The molecule has 26 heavy (non-hydrogen) atoms. The van der Waals surface area contributed by atoms with Crippen LogP contribution in [0.2, 0.25) is 0 Å². The molecule has 0 bridgehead atoms. The Balaban J connectivity index is 2.85. The Bertz CT molecular complexity index is 644. The fourth-order valence-corrected chi connectivity index (χ4v) is 3.14. The molecule has 9 heteroatoms. The van der Waals surface area contributed by atoms with Gasteiger partial charge in [0.25, 0.3) is 12.0 Å². The van der Waals surface area contributed by atoms with Crippen LogP contribution in [0.5, 0.6) is 0 Å². The standard InChI is InChI=1S/C17H25F3N4OS/c1-11-9-12(17(2,19)20)10-13(15(11)26-8-6-21)24-14(25)5-3-4-7-23-16(18)22/h9-10H,3-8,21H2,1-2H3,(H2,22,23)(H,24,25). The number of alkyl halides is 2. The third-order valence-corrected chi connectivity index (χ3v) is 4.77. The number of carbonyl (C=O) groups excluding carboxylic acids is 1. The van der Waals surface area contributed by atoms with Crippen LogP contribution in [-0.4, -0.2) is 30.8 Å². The maximum Gasteiger partial charge on any atom is 0.275 e. The quantitative estimate of drug-likeness (QED) is 0.187. The molecule has 0 atom stereocenters. The number of nitrogens with two attached hydrogens (primary N) is 2. The highest BCUT2D eigenvalue weighted by atomic mass is 32.2. The highest BCUT2D eigenvalue weighted by molar-refractivity contribution is 7.99. The number of rotatable bonds is 10. The zero-order chi connectivity index (χ0) is 19.7. The van der Waals surface area contributed by atoms with Crippen molar-refractivity contribution in [3.63, 3.8) is 0 Å². The first-order chi connectivity index (χ1) is 12.1. The average molecular weight is 390 g/mol. The van der Waals surface area contributed by atoms with E-state index in [2.05, 4.69) is 10.3 Å². The van der Waals surface area contributed by atoms with Crippen LogP contribution in [0.25, 0.3) is 0 Å². The van der Waals surface area contributed by atoms with E-state index >= 15 is 0 Å². The van der Waals surface area contributed by atoms with Crippen molar-refractivity contribution in [3.05, 3.63) is 23.3 Å². The molecule has 0 spiro atoms. The molecule has 0 fully saturated rings. The van der Waals surface area contributed by atoms with Gasteiger partial charge in [-0.3, -0.25) is 4.79 Å². The van der Waals surface area contributed by atoms with Crippen LogP contribution < -0.4 is 16.8 Å². The van der Waals surface area contributed by atoms with Gasteiger partial charge in [-0.15, -0.1) is 11.8 Å². The van der Waals surface area contributed by atoms with Crippen molar-refractivity contribution in [2.45, 2.75) is 43.9 Å². The van der Waals surface area contributed by atoms with E-state index in [1.54, 1.807) is 6.92 Å². The number of nitrogens with zero attached hydrogens (tertiary/aromatic N) is 1. The zero-order valence-electron chi connectivity index (χ0n) is 14.9. The van der Waals surface area contributed by atoms with E-state index in [1.165, 1.54) is 23.9 Å². The van der Waals surface area contributed by atoms with Gasteiger partial charge in [-0.2, -0.15) is 4.39 Å². The zero-order valence-corrected chi connectivity index (χ0v) is 15.8. The largest absolute Gasteiger partial charge is 0.360 e. The summed E-state index contributed by atoms with van der Waals surface area (Å²) in [4.78, 5) is 16.3. The molecule has 0 radical (unpaired) electrons. The molecular formula is C17H25F3N4OS. The van der Waals surface area contributed by atoms with Crippen molar-refractivity contribution in [2.24, 2.45) is 16.5 Å². The van der Waals surface area contributed by atoms with Gasteiger partial charge in [-0.25, -0.2) is 13.8 Å². The molecule has 0 unspecified atom stereocenters. The molecule has 0 aromatic heterocycles. The van der Waals surface area contributed by atoms with E-state index in [0.29, 0.717) is 36.4 Å². The first-order valence-corrected chi connectivity index (χ1v) is 9.24. The van der Waals surface area contributed by atoms with E-state index in [4.69, 9.17) is 11.5 Å². The molecule has 0 aliphatic carbocycles. The molecule has 5 nitrogen and oxygen atoms in total. The molecule has 0 aliphatic heterocycles. The van der Waals surface area contributed by atoms with Crippen LogP contribution in [-0.2, 0) is 10.7 Å². The third kappa shape index (κ3) is 7.65.